The molecule has 0 aliphatic heterocycles. The van der Waals surface area contributed by atoms with E-state index in [1.807, 2.05) is 12.1 Å². The van der Waals surface area contributed by atoms with E-state index in [9.17, 15) is 17.6 Å². The minimum atomic E-state index is -4.12. The second-order valence-electron chi connectivity index (χ2n) is 6.61. The maximum Gasteiger partial charge on any atom is 0.264 e. The molecule has 9 heteroatoms. The first-order valence-electron chi connectivity index (χ1n) is 9.67. The number of hydrogen-bond donors (Lipinski definition) is 1. The lowest BCUT2D eigenvalue weighted by atomic mass is 10.3. The fourth-order valence-corrected chi connectivity index (χ4v) is 5.14. The van der Waals surface area contributed by atoms with Gasteiger partial charge in [-0.2, -0.15) is 11.8 Å². The predicted molar refractivity (Wildman–Crippen MR) is 120 cm³/mol. The van der Waals surface area contributed by atoms with Crippen LogP contribution in [0.5, 0.6) is 0 Å². The number of anilines is 1. The lowest BCUT2D eigenvalue weighted by Crippen LogP contribution is -2.41. The van der Waals surface area contributed by atoms with E-state index < -0.39 is 28.3 Å². The van der Waals surface area contributed by atoms with Gasteiger partial charge in [0, 0.05) is 6.54 Å². The third-order valence-corrected chi connectivity index (χ3v) is 7.19. The molecule has 2 aromatic carbocycles. The second-order valence-corrected chi connectivity index (χ2v) is 9.58. The minimum Gasteiger partial charge on any atom is -0.468 e. The molecule has 0 spiro atoms. The molecule has 1 heterocycles. The highest BCUT2D eigenvalue weighted by atomic mass is 32.2. The van der Waals surface area contributed by atoms with Crippen LogP contribution in [0.2, 0.25) is 0 Å². The van der Waals surface area contributed by atoms with Gasteiger partial charge in [-0.25, -0.2) is 12.8 Å². The van der Waals surface area contributed by atoms with Crippen LogP contribution in [-0.4, -0.2) is 33.2 Å². The van der Waals surface area contributed by atoms with E-state index in [-0.39, 0.29) is 10.6 Å². The number of thioether (sulfide) groups is 1. The first-order valence-corrected chi connectivity index (χ1v) is 12.3. The second kappa shape index (κ2) is 11.0. The average Bonchev–Trinajstić information content (AvgIpc) is 3.29. The van der Waals surface area contributed by atoms with Crippen molar-refractivity contribution in [3.8, 4) is 0 Å². The van der Waals surface area contributed by atoms with E-state index in [1.165, 1.54) is 30.3 Å². The lowest BCUT2D eigenvalue weighted by molar-refractivity contribution is -0.119. The van der Waals surface area contributed by atoms with Crippen LogP contribution in [0.15, 0.2) is 82.3 Å². The van der Waals surface area contributed by atoms with Crippen molar-refractivity contribution in [3.63, 3.8) is 0 Å². The predicted octanol–water partition coefficient (Wildman–Crippen LogP) is 4.05. The van der Waals surface area contributed by atoms with Gasteiger partial charge in [-0.15, -0.1) is 0 Å². The van der Waals surface area contributed by atoms with Crippen LogP contribution >= 0.6 is 11.8 Å². The van der Waals surface area contributed by atoms with E-state index in [0.29, 0.717) is 13.0 Å². The lowest BCUT2D eigenvalue weighted by Gasteiger charge is -2.24. The Morgan fingerprint density at radius 1 is 1.03 bits per heavy atom. The van der Waals surface area contributed by atoms with Crippen LogP contribution in [0.3, 0.4) is 0 Å². The Labute approximate surface area is 185 Å². The highest BCUT2D eigenvalue weighted by molar-refractivity contribution is 7.98. The molecule has 0 unspecified atom stereocenters. The molecule has 0 radical (unpaired) electrons. The number of carbonyl (C=O) groups is 1. The van der Waals surface area contributed by atoms with Crippen LogP contribution in [0.4, 0.5) is 10.1 Å². The van der Waals surface area contributed by atoms with Gasteiger partial charge < -0.3 is 9.73 Å². The summed E-state index contributed by atoms with van der Waals surface area (Å²) in [5.41, 5.74) is -0.171. The van der Waals surface area contributed by atoms with Gasteiger partial charge in [0.2, 0.25) is 5.91 Å². The number of carbonyl (C=O) groups excluding carboxylic acids is 1. The Morgan fingerprint density at radius 2 is 1.77 bits per heavy atom. The third-order valence-electron chi connectivity index (χ3n) is 4.35. The smallest absolute Gasteiger partial charge is 0.264 e. The zero-order chi connectivity index (χ0) is 22.1. The summed E-state index contributed by atoms with van der Waals surface area (Å²) in [6.45, 7) is -0.127. The maximum atomic E-state index is 14.4. The van der Waals surface area contributed by atoms with Gasteiger partial charge in [-0.3, -0.25) is 9.10 Å². The fraction of sp³-hybridized carbons (Fsp3) is 0.227. The van der Waals surface area contributed by atoms with Crippen molar-refractivity contribution in [1.29, 1.82) is 0 Å². The van der Waals surface area contributed by atoms with E-state index in [2.05, 4.69) is 5.32 Å². The zero-order valence-electron chi connectivity index (χ0n) is 16.7. The molecule has 0 atom stereocenters. The molecule has 6 nitrogen and oxygen atoms in total. The van der Waals surface area contributed by atoms with E-state index in [4.69, 9.17) is 4.42 Å². The molecule has 0 saturated heterocycles. The van der Waals surface area contributed by atoms with E-state index in [0.717, 1.165) is 27.6 Å². The van der Waals surface area contributed by atoms with Crippen LogP contribution < -0.4 is 9.62 Å². The molecule has 1 amide bonds. The van der Waals surface area contributed by atoms with Gasteiger partial charge in [0.15, 0.2) is 0 Å². The van der Waals surface area contributed by atoms with Crippen LogP contribution in [0.1, 0.15) is 12.2 Å². The van der Waals surface area contributed by atoms with Crippen molar-refractivity contribution in [2.45, 2.75) is 17.1 Å². The summed E-state index contributed by atoms with van der Waals surface area (Å²) in [6.07, 6.45) is 2.34. The number of nitrogens with zero attached hydrogens (tertiary/aromatic N) is 1. The van der Waals surface area contributed by atoms with Gasteiger partial charge in [-0.1, -0.05) is 30.3 Å². The highest BCUT2D eigenvalue weighted by Gasteiger charge is 2.28. The quantitative estimate of drug-likeness (QED) is 0.435. The summed E-state index contributed by atoms with van der Waals surface area (Å²) in [6, 6.07) is 16.9. The molecule has 0 bridgehead atoms. The monoisotopic (exact) mass is 462 g/mol. The van der Waals surface area contributed by atoms with Crippen molar-refractivity contribution in [2.24, 2.45) is 0 Å². The van der Waals surface area contributed by atoms with Crippen molar-refractivity contribution in [1.82, 2.24) is 5.32 Å². The molecule has 3 rings (SSSR count). The molecule has 0 aliphatic carbocycles. The number of sulfonamides is 1. The molecule has 31 heavy (non-hydrogen) atoms. The SMILES string of the molecule is O=C(CN(c1ccccc1F)S(=O)(=O)c1ccccc1)NCCCSCc1ccco1. The highest BCUT2D eigenvalue weighted by Crippen LogP contribution is 2.25. The van der Waals surface area contributed by atoms with Gasteiger partial charge in [0.25, 0.3) is 10.0 Å². The topological polar surface area (TPSA) is 79.6 Å². The van der Waals surface area contributed by atoms with Crippen LogP contribution in [0, 0.1) is 5.82 Å². The number of furan rings is 1. The molecule has 0 saturated carbocycles. The number of nitrogens with one attached hydrogen (secondary N) is 1. The first-order chi connectivity index (χ1) is 15.0. The number of amides is 1. The van der Waals surface area contributed by atoms with Crippen molar-refractivity contribution in [3.05, 3.63) is 84.6 Å². The standard InChI is InChI=1S/C22H23FN2O4S2/c23-20-11-4-5-12-21(20)25(31(27,28)19-9-2-1-3-10-19)16-22(26)24-13-7-15-30-17-18-8-6-14-29-18/h1-6,8-12,14H,7,13,15-17H2,(H,24,26). The number of rotatable bonds is 11. The number of benzene rings is 2. The van der Waals surface area contributed by atoms with Crippen molar-refractivity contribution in [2.75, 3.05) is 23.1 Å². The van der Waals surface area contributed by atoms with Gasteiger partial charge in [0.1, 0.15) is 18.1 Å². The van der Waals surface area contributed by atoms with Crippen LogP contribution in [0.25, 0.3) is 0 Å². The van der Waals surface area contributed by atoms with E-state index >= 15 is 0 Å². The molecule has 1 N–H and O–H groups in total. The molecule has 164 valence electrons. The third kappa shape index (κ3) is 6.35. The Bertz CT molecular complexity index is 1070. The molecule has 1 aromatic heterocycles. The number of hydrogen-bond acceptors (Lipinski definition) is 5. The summed E-state index contributed by atoms with van der Waals surface area (Å²) in [4.78, 5) is 12.5. The van der Waals surface area contributed by atoms with E-state index in [1.54, 1.807) is 36.2 Å². The van der Waals surface area contributed by atoms with Gasteiger partial charge in [-0.05, 0) is 48.6 Å². The largest absolute Gasteiger partial charge is 0.468 e. The fourth-order valence-electron chi connectivity index (χ4n) is 2.83. The average molecular weight is 463 g/mol. The van der Waals surface area contributed by atoms with Crippen molar-refractivity contribution >= 4 is 33.4 Å². The number of para-hydroxylation sites is 1. The summed E-state index contributed by atoms with van der Waals surface area (Å²) in [5, 5.41) is 2.72. The molecule has 0 fully saturated rings. The Balaban J connectivity index is 1.61. The summed E-state index contributed by atoms with van der Waals surface area (Å²) >= 11 is 1.68. The van der Waals surface area contributed by atoms with Gasteiger partial charge >= 0.3 is 0 Å². The molecule has 0 aliphatic rings. The summed E-state index contributed by atoms with van der Waals surface area (Å²) in [7, 11) is -4.12. The van der Waals surface area contributed by atoms with Gasteiger partial charge in [0.05, 0.1) is 22.6 Å². The Morgan fingerprint density at radius 3 is 2.48 bits per heavy atom. The summed E-state index contributed by atoms with van der Waals surface area (Å²) in [5.74, 6) is 1.22. The Hall–Kier alpha value is -2.78. The molecular formula is C22H23FN2O4S2. The zero-order valence-corrected chi connectivity index (χ0v) is 18.4. The minimum absolute atomic E-state index is 0.0135. The maximum absolute atomic E-state index is 14.4. The summed E-state index contributed by atoms with van der Waals surface area (Å²) < 4.78 is 46.7. The molecule has 3 aromatic rings. The first kappa shape index (κ1) is 22.9. The Kier molecular flexibility index (Phi) is 8.13. The normalized spacial score (nSPS) is 11.3. The number of halogens is 1. The molecular weight excluding hydrogens is 439 g/mol. The van der Waals surface area contributed by atoms with Crippen LogP contribution in [-0.2, 0) is 20.6 Å². The van der Waals surface area contributed by atoms with Crippen molar-refractivity contribution < 1.29 is 22.0 Å².